The fourth-order valence-electron chi connectivity index (χ4n) is 2.14. The van der Waals surface area contributed by atoms with Gasteiger partial charge in [0.15, 0.2) is 0 Å². The molecule has 1 atom stereocenters. The molecule has 0 aliphatic carbocycles. The summed E-state index contributed by atoms with van der Waals surface area (Å²) in [5.74, 6) is 0. The predicted molar refractivity (Wildman–Crippen MR) is 56.8 cm³/mol. The smallest absolute Gasteiger partial charge is 0.136 e. The molecule has 1 aromatic rings. The van der Waals surface area contributed by atoms with E-state index in [1.165, 1.54) is 31.5 Å². The van der Waals surface area contributed by atoms with Crippen LogP contribution in [-0.2, 0) is 6.54 Å². The van der Waals surface area contributed by atoms with Gasteiger partial charge in [0.05, 0.1) is 6.54 Å². The minimum Gasteiger partial charge on any atom is -0.339 e. The minimum absolute atomic E-state index is 0.874. The minimum atomic E-state index is 0.874. The van der Waals surface area contributed by atoms with Gasteiger partial charge in [0.2, 0.25) is 0 Å². The monoisotopic (exact) mass is 192 g/mol. The van der Waals surface area contributed by atoms with Gasteiger partial charge in [-0.05, 0) is 0 Å². The highest BCUT2D eigenvalue weighted by Gasteiger charge is 2.19. The van der Waals surface area contributed by atoms with Crippen molar-refractivity contribution in [3.8, 4) is 0 Å². The molecule has 0 spiro atoms. The molecule has 76 valence electrons. The van der Waals surface area contributed by atoms with E-state index >= 15 is 0 Å². The second kappa shape index (κ2) is 5.13. The van der Waals surface area contributed by atoms with Gasteiger partial charge in [-0.2, -0.15) is 0 Å². The molecule has 1 aliphatic rings. The Bertz CT molecular complexity index is 252. The fourth-order valence-corrected chi connectivity index (χ4v) is 2.14. The molecule has 0 aromatic heterocycles. The summed E-state index contributed by atoms with van der Waals surface area (Å²) < 4.78 is 0. The molecule has 14 heavy (non-hydrogen) atoms. The molecule has 1 saturated heterocycles. The van der Waals surface area contributed by atoms with Gasteiger partial charge in [-0.1, -0.05) is 30.3 Å². The third-order valence-electron chi connectivity index (χ3n) is 2.97. The molecule has 0 radical (unpaired) electrons. The molecule has 0 amide bonds. The number of hydrogen-bond donors (Lipinski definition) is 2. The van der Waals surface area contributed by atoms with Crippen molar-refractivity contribution >= 4 is 0 Å². The van der Waals surface area contributed by atoms with Gasteiger partial charge in [0.1, 0.15) is 19.1 Å². The van der Waals surface area contributed by atoms with Gasteiger partial charge >= 0.3 is 0 Å². The lowest BCUT2D eigenvalue weighted by atomic mass is 10.2. The van der Waals surface area contributed by atoms with Gasteiger partial charge in [-0.15, -0.1) is 0 Å². The zero-order chi connectivity index (χ0) is 9.64. The second-order valence-electron chi connectivity index (χ2n) is 4.14. The SMILES string of the molecule is c1ccc(C[NH2+]C[C@@H]2CCC[NH2+]2)cc1. The molecule has 2 rings (SSSR count). The van der Waals surface area contributed by atoms with E-state index < -0.39 is 0 Å². The lowest BCUT2D eigenvalue weighted by Crippen LogP contribution is -2.96. The third-order valence-corrected chi connectivity index (χ3v) is 2.97. The Morgan fingerprint density at radius 1 is 1.29 bits per heavy atom. The van der Waals surface area contributed by atoms with Crippen LogP contribution in [-0.4, -0.2) is 19.1 Å². The summed E-state index contributed by atoms with van der Waals surface area (Å²) in [6, 6.07) is 11.6. The lowest BCUT2D eigenvalue weighted by molar-refractivity contribution is -0.745. The molecule has 1 fully saturated rings. The van der Waals surface area contributed by atoms with Crippen LogP contribution in [0.25, 0.3) is 0 Å². The van der Waals surface area contributed by atoms with Gasteiger partial charge in [-0.25, -0.2) is 0 Å². The molecule has 1 aliphatic heterocycles. The summed E-state index contributed by atoms with van der Waals surface area (Å²) in [7, 11) is 0. The Balaban J connectivity index is 1.67. The maximum absolute atomic E-state index is 2.49. The number of nitrogens with two attached hydrogens (primary N) is 2. The number of benzene rings is 1. The van der Waals surface area contributed by atoms with Crippen molar-refractivity contribution in [1.29, 1.82) is 0 Å². The van der Waals surface area contributed by atoms with E-state index in [-0.39, 0.29) is 0 Å². The van der Waals surface area contributed by atoms with Crippen molar-refractivity contribution in [2.24, 2.45) is 0 Å². The summed E-state index contributed by atoms with van der Waals surface area (Å²) in [4.78, 5) is 0. The molecular formula is C12H20N2+2. The van der Waals surface area contributed by atoms with Gasteiger partial charge in [0.25, 0.3) is 0 Å². The largest absolute Gasteiger partial charge is 0.339 e. The second-order valence-corrected chi connectivity index (χ2v) is 4.14. The van der Waals surface area contributed by atoms with Crippen LogP contribution in [0.2, 0.25) is 0 Å². The van der Waals surface area contributed by atoms with Gasteiger partial charge in [0, 0.05) is 18.4 Å². The summed E-state index contributed by atoms with van der Waals surface area (Å²) in [5, 5.41) is 4.92. The Labute approximate surface area is 85.7 Å². The molecule has 1 heterocycles. The van der Waals surface area contributed by atoms with Crippen molar-refractivity contribution in [1.82, 2.24) is 0 Å². The van der Waals surface area contributed by atoms with Crippen LogP contribution in [0.5, 0.6) is 0 Å². The first-order valence-corrected chi connectivity index (χ1v) is 5.64. The van der Waals surface area contributed by atoms with Gasteiger partial charge in [-0.3, -0.25) is 0 Å². The van der Waals surface area contributed by atoms with E-state index in [0.717, 1.165) is 12.6 Å². The van der Waals surface area contributed by atoms with Crippen molar-refractivity contribution < 1.29 is 10.6 Å². The van der Waals surface area contributed by atoms with E-state index in [1.807, 2.05) is 0 Å². The normalized spacial score (nSPS) is 21.3. The zero-order valence-corrected chi connectivity index (χ0v) is 8.65. The predicted octanol–water partition coefficient (Wildman–Crippen LogP) is -0.524. The Morgan fingerprint density at radius 2 is 2.14 bits per heavy atom. The standard InChI is InChI=1S/C12H18N2/c1-2-5-11(6-3-1)9-13-10-12-7-4-8-14-12/h1-3,5-6,12-14H,4,7-10H2/p+2/t12-/m0/s1. The Kier molecular flexibility index (Phi) is 3.55. The summed E-state index contributed by atoms with van der Waals surface area (Å²) >= 11 is 0. The quantitative estimate of drug-likeness (QED) is 0.643. The molecule has 2 heteroatoms. The average Bonchev–Trinajstić information content (AvgIpc) is 2.72. The van der Waals surface area contributed by atoms with Crippen LogP contribution < -0.4 is 10.6 Å². The zero-order valence-electron chi connectivity index (χ0n) is 8.65. The van der Waals surface area contributed by atoms with Crippen LogP contribution in [0.3, 0.4) is 0 Å². The topological polar surface area (TPSA) is 33.2 Å². The Morgan fingerprint density at radius 3 is 2.86 bits per heavy atom. The first-order valence-electron chi connectivity index (χ1n) is 5.64. The molecule has 2 nitrogen and oxygen atoms in total. The molecule has 4 N–H and O–H groups in total. The highest BCUT2D eigenvalue weighted by molar-refractivity contribution is 5.12. The molecule has 0 saturated carbocycles. The Hall–Kier alpha value is -0.860. The first kappa shape index (κ1) is 9.69. The summed E-state index contributed by atoms with van der Waals surface area (Å²) in [6.45, 7) is 3.74. The van der Waals surface area contributed by atoms with E-state index in [4.69, 9.17) is 0 Å². The van der Waals surface area contributed by atoms with Crippen molar-refractivity contribution in [2.45, 2.75) is 25.4 Å². The fraction of sp³-hybridized carbons (Fsp3) is 0.500. The van der Waals surface area contributed by atoms with E-state index in [2.05, 4.69) is 41.0 Å². The van der Waals surface area contributed by atoms with Crippen LogP contribution in [0, 0.1) is 0 Å². The van der Waals surface area contributed by atoms with Crippen LogP contribution in [0.4, 0.5) is 0 Å². The maximum Gasteiger partial charge on any atom is 0.136 e. The lowest BCUT2D eigenvalue weighted by Gasteiger charge is -2.05. The van der Waals surface area contributed by atoms with E-state index in [1.54, 1.807) is 0 Å². The number of quaternary nitrogens is 2. The highest BCUT2D eigenvalue weighted by Crippen LogP contribution is 1.96. The van der Waals surface area contributed by atoms with Crippen molar-refractivity contribution in [3.63, 3.8) is 0 Å². The van der Waals surface area contributed by atoms with Crippen LogP contribution >= 0.6 is 0 Å². The summed E-state index contributed by atoms with van der Waals surface area (Å²) in [5.41, 5.74) is 1.44. The third kappa shape index (κ3) is 2.82. The van der Waals surface area contributed by atoms with Crippen molar-refractivity contribution in [2.75, 3.05) is 13.1 Å². The average molecular weight is 192 g/mol. The van der Waals surface area contributed by atoms with Gasteiger partial charge < -0.3 is 10.6 Å². The van der Waals surface area contributed by atoms with Crippen LogP contribution in [0.15, 0.2) is 30.3 Å². The molecular weight excluding hydrogens is 172 g/mol. The molecule has 1 aromatic carbocycles. The first-order chi connectivity index (χ1) is 6.95. The summed E-state index contributed by atoms with van der Waals surface area (Å²) in [6.07, 6.45) is 2.81. The number of hydrogen-bond acceptors (Lipinski definition) is 0. The van der Waals surface area contributed by atoms with E-state index in [0.29, 0.717) is 0 Å². The van der Waals surface area contributed by atoms with Crippen molar-refractivity contribution in [3.05, 3.63) is 35.9 Å². The molecule has 0 unspecified atom stereocenters. The highest BCUT2D eigenvalue weighted by atomic mass is 15.0. The van der Waals surface area contributed by atoms with Crippen LogP contribution in [0.1, 0.15) is 18.4 Å². The number of rotatable bonds is 4. The molecule has 0 bridgehead atoms. The maximum atomic E-state index is 2.49. The van der Waals surface area contributed by atoms with E-state index in [9.17, 15) is 0 Å².